The predicted octanol–water partition coefficient (Wildman–Crippen LogP) is 6.41. The zero-order chi connectivity index (χ0) is 29.7. The van der Waals surface area contributed by atoms with Crippen LogP contribution in [0.25, 0.3) is 10.9 Å². The Morgan fingerprint density at radius 1 is 1.12 bits per heavy atom. The second-order valence-electron chi connectivity index (χ2n) is 8.04. The minimum Gasteiger partial charge on any atom is -0.401 e. The predicted molar refractivity (Wildman–Crippen MR) is 153 cm³/mol. The first-order valence-corrected chi connectivity index (χ1v) is 12.8. The van der Waals surface area contributed by atoms with Gasteiger partial charge in [-0.25, -0.2) is 19.8 Å². The van der Waals surface area contributed by atoms with Crippen LogP contribution in [-0.2, 0) is 6.18 Å². The molecule has 0 aliphatic rings. The minimum atomic E-state index is -4.50. The highest BCUT2D eigenvalue weighted by atomic mass is 79.9. The lowest BCUT2D eigenvalue weighted by Crippen LogP contribution is -2.13. The van der Waals surface area contributed by atoms with E-state index in [4.69, 9.17) is 39.2 Å². The Bertz CT molecular complexity index is 1790. The summed E-state index contributed by atoms with van der Waals surface area (Å²) >= 11 is 15.8. The molecule has 0 atom stereocenters. The van der Waals surface area contributed by atoms with Gasteiger partial charge >= 0.3 is 11.8 Å². The smallest absolute Gasteiger partial charge is 0.401 e. The van der Waals surface area contributed by atoms with E-state index >= 15 is 0 Å². The molecule has 0 spiro atoms. The van der Waals surface area contributed by atoms with Crippen molar-refractivity contribution in [2.24, 2.45) is 31.9 Å². The van der Waals surface area contributed by atoms with Gasteiger partial charge in [0.05, 0.1) is 27.5 Å². The number of aromatic nitrogens is 2. The molecule has 0 unspecified atom stereocenters. The molecule has 2 aromatic carbocycles. The van der Waals surface area contributed by atoms with Gasteiger partial charge in [-0.1, -0.05) is 51.3 Å². The standard InChI is InChI=1S/C25H16BrCl2F3N8O2/c26-14-8-16-20(18(28)9-14)37-23(41-24(16)40)19(36-22-17(27)2-1-7-34-22)10-15(32)11-35-39-21(38-33)12-3-5-13(6-4-12)25(29,30)31/h1-10H,11,32-33H2/b15-10-,36-19-,38-21-,39-35?. The molecule has 2 aromatic heterocycles. The number of allylic oxidation sites excluding steroid dienone is 1. The Labute approximate surface area is 247 Å². The Kier molecular flexibility index (Phi) is 9.15. The van der Waals surface area contributed by atoms with Crippen LogP contribution in [0.2, 0.25) is 10.0 Å². The molecule has 41 heavy (non-hydrogen) atoms. The number of nitrogens with two attached hydrogens (primary N) is 2. The van der Waals surface area contributed by atoms with Crippen LogP contribution in [-0.4, -0.2) is 28.1 Å². The summed E-state index contributed by atoms with van der Waals surface area (Å²) in [6.45, 7) is -0.236. The number of hydrogen-bond donors (Lipinski definition) is 2. The summed E-state index contributed by atoms with van der Waals surface area (Å²) in [5.74, 6) is 5.06. The summed E-state index contributed by atoms with van der Waals surface area (Å²) in [5.41, 5.74) is 4.94. The van der Waals surface area contributed by atoms with Crippen molar-refractivity contribution < 1.29 is 17.6 Å². The van der Waals surface area contributed by atoms with E-state index in [0.717, 1.165) is 24.3 Å². The van der Waals surface area contributed by atoms with Gasteiger partial charge in [-0.15, -0.1) is 5.11 Å². The summed E-state index contributed by atoms with van der Waals surface area (Å²) in [6.07, 6.45) is -1.73. The van der Waals surface area contributed by atoms with Gasteiger partial charge in [-0.3, -0.25) is 0 Å². The molecular weight excluding hydrogens is 652 g/mol. The lowest BCUT2D eigenvalue weighted by atomic mass is 10.1. The summed E-state index contributed by atoms with van der Waals surface area (Å²) < 4.78 is 44.5. The zero-order valence-corrected chi connectivity index (χ0v) is 23.5. The normalized spacial score (nSPS) is 13.4. The third-order valence-corrected chi connectivity index (χ3v) is 6.21. The summed E-state index contributed by atoms with van der Waals surface area (Å²) in [4.78, 5) is 25.6. The molecule has 210 valence electrons. The van der Waals surface area contributed by atoms with Crippen LogP contribution in [0.1, 0.15) is 17.0 Å². The number of amidine groups is 1. The van der Waals surface area contributed by atoms with E-state index in [1.165, 1.54) is 18.3 Å². The molecule has 0 aliphatic heterocycles. The molecule has 4 rings (SSSR count). The molecule has 0 radical (unpaired) electrons. The molecule has 0 saturated carbocycles. The zero-order valence-electron chi connectivity index (χ0n) is 20.4. The van der Waals surface area contributed by atoms with Gasteiger partial charge in [0, 0.05) is 21.9 Å². The van der Waals surface area contributed by atoms with Gasteiger partial charge in [0.2, 0.25) is 5.89 Å². The lowest BCUT2D eigenvalue weighted by molar-refractivity contribution is -0.137. The van der Waals surface area contributed by atoms with Crippen LogP contribution in [0.3, 0.4) is 0 Å². The largest absolute Gasteiger partial charge is 0.416 e. The number of fused-ring (bicyclic) bond motifs is 1. The van der Waals surface area contributed by atoms with Crippen LogP contribution < -0.4 is 17.2 Å². The summed E-state index contributed by atoms with van der Waals surface area (Å²) in [7, 11) is 0. The lowest BCUT2D eigenvalue weighted by Gasteiger charge is -2.07. The SMILES string of the molecule is N/N=C(\N=NC/C(N)=C/C(=N/c1ncccc1Cl)c1nc2c(Cl)cc(Br)cc2c(=O)o1)c1ccc(C(F)(F)F)cc1. The van der Waals surface area contributed by atoms with Gasteiger partial charge in [0.1, 0.15) is 11.2 Å². The van der Waals surface area contributed by atoms with Crippen molar-refractivity contribution in [3.63, 3.8) is 0 Å². The van der Waals surface area contributed by atoms with Gasteiger partial charge in [-0.2, -0.15) is 23.4 Å². The maximum absolute atomic E-state index is 12.8. The average Bonchev–Trinajstić information content (AvgIpc) is 2.92. The molecule has 4 N–H and O–H groups in total. The molecule has 0 aliphatic carbocycles. The summed E-state index contributed by atoms with van der Waals surface area (Å²) in [5, 5.41) is 11.8. The first kappa shape index (κ1) is 29.8. The van der Waals surface area contributed by atoms with Crippen molar-refractivity contribution in [2.75, 3.05) is 6.54 Å². The van der Waals surface area contributed by atoms with E-state index < -0.39 is 17.4 Å². The third-order valence-electron chi connectivity index (χ3n) is 5.17. The number of rotatable bonds is 6. The second kappa shape index (κ2) is 12.6. The maximum atomic E-state index is 12.8. The monoisotopic (exact) mass is 666 g/mol. The van der Waals surface area contributed by atoms with Crippen LogP contribution in [0.15, 0.2) is 101 Å². The fourth-order valence-electron chi connectivity index (χ4n) is 3.30. The highest BCUT2D eigenvalue weighted by Crippen LogP contribution is 2.29. The summed E-state index contributed by atoms with van der Waals surface area (Å²) in [6, 6.07) is 10.3. The minimum absolute atomic E-state index is 0.0354. The fourth-order valence-corrected chi connectivity index (χ4v) is 4.31. The molecule has 0 bridgehead atoms. The van der Waals surface area contributed by atoms with E-state index in [1.807, 2.05) is 0 Å². The van der Waals surface area contributed by atoms with Crippen molar-refractivity contribution in [3.05, 3.63) is 108 Å². The van der Waals surface area contributed by atoms with Crippen LogP contribution in [0.5, 0.6) is 0 Å². The Balaban J connectivity index is 1.68. The number of benzene rings is 2. The van der Waals surface area contributed by atoms with Gasteiger partial charge in [-0.05, 0) is 42.5 Å². The molecule has 10 nitrogen and oxygen atoms in total. The first-order chi connectivity index (χ1) is 19.5. The maximum Gasteiger partial charge on any atom is 0.416 e. The van der Waals surface area contributed by atoms with Gasteiger partial charge < -0.3 is 16.0 Å². The Morgan fingerprint density at radius 3 is 2.51 bits per heavy atom. The van der Waals surface area contributed by atoms with Gasteiger partial charge in [0.15, 0.2) is 11.7 Å². The van der Waals surface area contributed by atoms with Crippen LogP contribution >= 0.6 is 39.1 Å². The second-order valence-corrected chi connectivity index (χ2v) is 9.77. The van der Waals surface area contributed by atoms with Gasteiger partial charge in [0.25, 0.3) is 0 Å². The number of aliphatic imine (C=N–C) groups is 1. The highest BCUT2D eigenvalue weighted by molar-refractivity contribution is 9.10. The van der Waals surface area contributed by atoms with E-state index in [1.54, 1.807) is 18.2 Å². The molecule has 4 aromatic rings. The van der Waals surface area contributed by atoms with Crippen LogP contribution in [0, 0.1) is 0 Å². The van der Waals surface area contributed by atoms with Crippen molar-refractivity contribution in [2.45, 2.75) is 6.18 Å². The highest BCUT2D eigenvalue weighted by Gasteiger charge is 2.30. The van der Waals surface area contributed by atoms with E-state index in [2.05, 4.69) is 46.2 Å². The Morgan fingerprint density at radius 2 is 1.85 bits per heavy atom. The fraction of sp³-hybridized carbons (Fsp3) is 0.0800. The molecule has 0 saturated heterocycles. The average molecular weight is 668 g/mol. The number of azo groups is 1. The third kappa shape index (κ3) is 7.34. The quantitative estimate of drug-likeness (QED) is 0.0795. The van der Waals surface area contributed by atoms with E-state index in [0.29, 0.717) is 4.47 Å². The molecule has 16 heteroatoms. The first-order valence-electron chi connectivity index (χ1n) is 11.2. The van der Waals surface area contributed by atoms with Crippen molar-refractivity contribution in [3.8, 4) is 0 Å². The number of pyridine rings is 1. The topological polar surface area (TPSA) is 157 Å². The molecule has 0 fully saturated rings. The van der Waals surface area contributed by atoms with Crippen molar-refractivity contribution in [1.82, 2.24) is 9.97 Å². The number of alkyl halides is 3. The van der Waals surface area contributed by atoms with Crippen molar-refractivity contribution in [1.29, 1.82) is 0 Å². The Hall–Kier alpha value is -4.14. The molecule has 2 heterocycles. The number of hydrazone groups is 1. The molecule has 0 amide bonds. The van der Waals surface area contributed by atoms with E-state index in [-0.39, 0.29) is 62.0 Å². The van der Waals surface area contributed by atoms with E-state index in [9.17, 15) is 18.0 Å². The number of nitrogens with zero attached hydrogens (tertiary/aromatic N) is 6. The van der Waals surface area contributed by atoms with Crippen molar-refractivity contribution >= 4 is 67.4 Å². The number of hydrogen-bond acceptors (Lipinski definition) is 9. The van der Waals surface area contributed by atoms with Crippen LogP contribution in [0.4, 0.5) is 19.0 Å². The number of halogens is 6. The molecular formula is C25H16BrCl2F3N8O2.